The molecule has 1 N–H and O–H groups in total. The molecule has 0 spiro atoms. The second kappa shape index (κ2) is 9.41. The number of hydrogen-bond acceptors (Lipinski definition) is 5. The summed E-state index contributed by atoms with van der Waals surface area (Å²) in [5.74, 6) is -2.18. The fourth-order valence-corrected chi connectivity index (χ4v) is 3.91. The first-order valence-electron chi connectivity index (χ1n) is 10.8. The van der Waals surface area contributed by atoms with Crippen LogP contribution in [0.3, 0.4) is 0 Å². The predicted molar refractivity (Wildman–Crippen MR) is 117 cm³/mol. The van der Waals surface area contributed by atoms with Crippen molar-refractivity contribution in [2.45, 2.75) is 25.1 Å². The Labute approximate surface area is 193 Å². The van der Waals surface area contributed by atoms with E-state index in [2.05, 4.69) is 46.5 Å². The van der Waals surface area contributed by atoms with Gasteiger partial charge >= 0.3 is 12.1 Å². The highest BCUT2D eigenvalue weighted by Gasteiger charge is 2.39. The molecule has 2 fully saturated rings. The Hall–Kier alpha value is -3.47. The van der Waals surface area contributed by atoms with Gasteiger partial charge in [0.05, 0.1) is 11.6 Å². The third kappa shape index (κ3) is 5.19. The van der Waals surface area contributed by atoms with Gasteiger partial charge in [0.25, 0.3) is 0 Å². The number of carboxylic acid groups (broad SMARTS) is 1. The van der Waals surface area contributed by atoms with E-state index < -0.39 is 12.1 Å². The molecule has 2 aromatic heterocycles. The number of carboxylic acids is 1. The van der Waals surface area contributed by atoms with Gasteiger partial charge in [0, 0.05) is 37.3 Å². The Bertz CT molecular complexity index is 1180. The van der Waals surface area contributed by atoms with Crippen LogP contribution in [0.1, 0.15) is 24.6 Å². The molecule has 2 aliphatic rings. The minimum atomic E-state index is -5.08. The fourth-order valence-electron chi connectivity index (χ4n) is 3.91. The van der Waals surface area contributed by atoms with Gasteiger partial charge in [-0.15, -0.1) is 5.10 Å². The number of fused-ring (bicyclic) bond motifs is 1. The summed E-state index contributed by atoms with van der Waals surface area (Å²) in [5, 5.41) is 16.0. The quantitative estimate of drug-likeness (QED) is 0.626. The Kier molecular flexibility index (Phi) is 6.56. The van der Waals surface area contributed by atoms with Crippen LogP contribution in [0.2, 0.25) is 0 Å². The molecule has 0 bridgehead atoms. The maximum atomic E-state index is 12.5. The van der Waals surface area contributed by atoms with E-state index in [-0.39, 0.29) is 12.0 Å². The van der Waals surface area contributed by atoms with Crippen LogP contribution in [0, 0.1) is 5.92 Å². The molecule has 1 saturated carbocycles. The number of benzene rings is 1. The van der Waals surface area contributed by atoms with Crippen LogP contribution in [0.4, 0.5) is 13.2 Å². The van der Waals surface area contributed by atoms with E-state index in [0.29, 0.717) is 12.5 Å². The summed E-state index contributed by atoms with van der Waals surface area (Å²) in [5.41, 5.74) is 4.23. The molecule has 0 radical (unpaired) electrons. The number of halogens is 3. The second-order valence-electron chi connectivity index (χ2n) is 8.45. The molecule has 1 aliphatic carbocycles. The van der Waals surface area contributed by atoms with Crippen molar-refractivity contribution in [1.29, 1.82) is 0 Å². The summed E-state index contributed by atoms with van der Waals surface area (Å²) in [4.78, 5) is 25.7. The summed E-state index contributed by atoms with van der Waals surface area (Å²) >= 11 is 0. The number of pyridine rings is 1. The van der Waals surface area contributed by atoms with Gasteiger partial charge in [0.15, 0.2) is 0 Å². The predicted octanol–water partition coefficient (Wildman–Crippen LogP) is 3.25. The highest BCUT2D eigenvalue weighted by atomic mass is 19.4. The van der Waals surface area contributed by atoms with Crippen molar-refractivity contribution < 1.29 is 27.9 Å². The van der Waals surface area contributed by atoms with E-state index >= 15 is 0 Å². The molecular weight excluding hydrogens is 451 g/mol. The molecule has 1 aromatic carbocycles. The van der Waals surface area contributed by atoms with Crippen molar-refractivity contribution in [3.8, 4) is 11.1 Å². The maximum Gasteiger partial charge on any atom is 0.490 e. The Morgan fingerprint density at radius 3 is 2.32 bits per heavy atom. The minimum absolute atomic E-state index is 0.0847. The monoisotopic (exact) mass is 475 g/mol. The SMILES string of the molecule is CN1CCN(C(=O)C2CC2)CC1c1nnn2cc(-c3ccccc3)ccc12.O=C(O)C(F)(F)F. The fraction of sp³-hybridized carbons (Fsp3) is 0.391. The van der Waals surface area contributed by atoms with Gasteiger partial charge in [-0.05, 0) is 31.5 Å². The number of aliphatic carboxylic acids is 1. The van der Waals surface area contributed by atoms with Gasteiger partial charge in [0.1, 0.15) is 5.69 Å². The van der Waals surface area contributed by atoms with Crippen molar-refractivity contribution in [3.63, 3.8) is 0 Å². The highest BCUT2D eigenvalue weighted by Crippen LogP contribution is 2.34. The van der Waals surface area contributed by atoms with E-state index in [9.17, 15) is 18.0 Å². The Morgan fingerprint density at radius 2 is 1.71 bits per heavy atom. The molecule has 34 heavy (non-hydrogen) atoms. The van der Waals surface area contributed by atoms with Crippen LogP contribution in [0.15, 0.2) is 48.7 Å². The van der Waals surface area contributed by atoms with E-state index in [1.165, 1.54) is 0 Å². The molecule has 3 aromatic rings. The van der Waals surface area contributed by atoms with Crippen LogP contribution in [-0.4, -0.2) is 74.5 Å². The topological polar surface area (TPSA) is 91.0 Å². The first-order chi connectivity index (χ1) is 16.1. The van der Waals surface area contributed by atoms with Crippen molar-refractivity contribution in [2.75, 3.05) is 26.7 Å². The first kappa shape index (κ1) is 23.7. The number of amides is 1. The summed E-state index contributed by atoms with van der Waals surface area (Å²) in [7, 11) is 2.10. The van der Waals surface area contributed by atoms with Gasteiger partial charge in [-0.1, -0.05) is 41.6 Å². The second-order valence-corrected chi connectivity index (χ2v) is 8.45. The molecule has 1 amide bonds. The van der Waals surface area contributed by atoms with Gasteiger partial charge in [-0.2, -0.15) is 13.2 Å². The normalized spacial score (nSPS) is 18.9. The third-order valence-electron chi connectivity index (χ3n) is 5.99. The van der Waals surface area contributed by atoms with Gasteiger partial charge in [-0.3, -0.25) is 9.69 Å². The van der Waals surface area contributed by atoms with Crippen molar-refractivity contribution >= 4 is 17.4 Å². The van der Waals surface area contributed by atoms with Crippen LogP contribution in [0.5, 0.6) is 0 Å². The van der Waals surface area contributed by atoms with E-state index in [4.69, 9.17) is 9.90 Å². The van der Waals surface area contributed by atoms with Gasteiger partial charge in [-0.25, -0.2) is 9.31 Å². The maximum absolute atomic E-state index is 12.5. The zero-order valence-electron chi connectivity index (χ0n) is 18.4. The number of likely N-dealkylation sites (N-methyl/N-ethyl adjacent to an activating group) is 1. The molecule has 1 unspecified atom stereocenters. The number of nitrogens with zero attached hydrogens (tertiary/aromatic N) is 5. The zero-order valence-corrected chi connectivity index (χ0v) is 18.4. The molecule has 1 atom stereocenters. The molecule has 180 valence electrons. The average molecular weight is 475 g/mol. The van der Waals surface area contributed by atoms with Crippen molar-refractivity contribution in [2.24, 2.45) is 5.92 Å². The lowest BCUT2D eigenvalue weighted by Gasteiger charge is -2.38. The largest absolute Gasteiger partial charge is 0.490 e. The number of alkyl halides is 3. The van der Waals surface area contributed by atoms with Crippen molar-refractivity contribution in [3.05, 3.63) is 54.4 Å². The minimum Gasteiger partial charge on any atom is -0.475 e. The molecule has 5 rings (SSSR count). The van der Waals surface area contributed by atoms with Gasteiger partial charge < -0.3 is 10.0 Å². The molecule has 1 saturated heterocycles. The highest BCUT2D eigenvalue weighted by molar-refractivity contribution is 5.81. The summed E-state index contributed by atoms with van der Waals surface area (Å²) < 4.78 is 33.6. The molecule has 8 nitrogen and oxygen atoms in total. The number of aromatic nitrogens is 3. The lowest BCUT2D eigenvalue weighted by molar-refractivity contribution is -0.192. The number of carbonyl (C=O) groups excluding carboxylic acids is 1. The summed E-state index contributed by atoms with van der Waals surface area (Å²) in [6.45, 7) is 2.37. The number of rotatable bonds is 3. The lowest BCUT2D eigenvalue weighted by Crippen LogP contribution is -2.49. The molecular formula is C23H24F3N5O3. The van der Waals surface area contributed by atoms with Crippen LogP contribution < -0.4 is 0 Å². The number of piperazine rings is 1. The lowest BCUT2D eigenvalue weighted by atomic mass is 10.1. The number of carbonyl (C=O) groups is 2. The van der Waals surface area contributed by atoms with E-state index in [0.717, 1.165) is 48.3 Å². The molecule has 1 aliphatic heterocycles. The van der Waals surface area contributed by atoms with Crippen LogP contribution >= 0.6 is 0 Å². The smallest absolute Gasteiger partial charge is 0.475 e. The summed E-state index contributed by atoms with van der Waals surface area (Å²) in [6, 6.07) is 14.6. The average Bonchev–Trinajstić information content (AvgIpc) is 3.59. The first-order valence-corrected chi connectivity index (χ1v) is 10.8. The van der Waals surface area contributed by atoms with Crippen LogP contribution in [-0.2, 0) is 9.59 Å². The van der Waals surface area contributed by atoms with E-state index in [1.807, 2.05) is 33.8 Å². The van der Waals surface area contributed by atoms with E-state index in [1.54, 1.807) is 0 Å². The molecule has 3 heterocycles. The Morgan fingerprint density at radius 1 is 1.03 bits per heavy atom. The Balaban J connectivity index is 0.000000344. The third-order valence-corrected chi connectivity index (χ3v) is 5.99. The van der Waals surface area contributed by atoms with Crippen LogP contribution in [0.25, 0.3) is 16.6 Å². The van der Waals surface area contributed by atoms with Gasteiger partial charge in [0.2, 0.25) is 5.91 Å². The zero-order chi connectivity index (χ0) is 24.5. The summed E-state index contributed by atoms with van der Waals surface area (Å²) in [6.07, 6.45) is -0.961. The number of hydrogen-bond donors (Lipinski definition) is 1. The standard InChI is InChI=1S/C21H23N5O.C2HF3O2/c1-24-11-12-25(21(27)16-7-8-16)14-19(24)20-18-10-9-17(13-26(18)23-22-20)15-5-3-2-4-6-15;3-2(4,5)1(6)7/h2-6,9-10,13,16,19H,7-8,11-12,14H2,1H3;(H,6,7). The molecule has 11 heteroatoms. The van der Waals surface area contributed by atoms with Crippen molar-refractivity contribution in [1.82, 2.24) is 24.6 Å².